The zero-order valence-corrected chi connectivity index (χ0v) is 11.9. The van der Waals surface area contributed by atoms with E-state index in [-0.39, 0.29) is 17.3 Å². The van der Waals surface area contributed by atoms with E-state index >= 15 is 0 Å². The first-order valence-electron chi connectivity index (χ1n) is 5.59. The van der Waals surface area contributed by atoms with Gasteiger partial charge in [-0.3, -0.25) is 4.72 Å². The molecule has 0 atom stereocenters. The molecule has 2 heterocycles. The third kappa shape index (κ3) is 2.92. The van der Waals surface area contributed by atoms with E-state index in [1.165, 1.54) is 10.9 Å². The van der Waals surface area contributed by atoms with Gasteiger partial charge in [0.2, 0.25) is 10.0 Å². The molecule has 104 valence electrons. The van der Waals surface area contributed by atoms with E-state index in [9.17, 15) is 8.42 Å². The van der Waals surface area contributed by atoms with Crippen LogP contribution in [-0.2, 0) is 10.0 Å². The summed E-state index contributed by atoms with van der Waals surface area (Å²) in [5, 5.41) is 13.0. The van der Waals surface area contributed by atoms with Crippen molar-refractivity contribution in [3.8, 4) is 12.0 Å². The van der Waals surface area contributed by atoms with Gasteiger partial charge in [0.1, 0.15) is 11.6 Å². The maximum Gasteiger partial charge on any atom is 0.252 e. The Morgan fingerprint density at radius 3 is 2.40 bits per heavy atom. The first-order chi connectivity index (χ1) is 9.30. The van der Waals surface area contributed by atoms with Gasteiger partial charge in [-0.05, 0) is 19.9 Å². The van der Waals surface area contributed by atoms with Crippen molar-refractivity contribution in [1.29, 1.82) is 5.26 Å². The third-order valence-corrected chi connectivity index (χ3v) is 2.90. The Hall–Kier alpha value is -2.47. The first-order valence-corrected chi connectivity index (χ1v) is 7.48. The predicted molar refractivity (Wildman–Crippen MR) is 71.8 cm³/mol. The smallest absolute Gasteiger partial charge is 0.252 e. The van der Waals surface area contributed by atoms with E-state index in [1.807, 2.05) is 6.07 Å². The highest BCUT2D eigenvalue weighted by atomic mass is 32.2. The van der Waals surface area contributed by atoms with Crippen molar-refractivity contribution < 1.29 is 8.42 Å². The monoisotopic (exact) mass is 292 g/mol. The highest BCUT2D eigenvalue weighted by molar-refractivity contribution is 7.92. The number of anilines is 1. The van der Waals surface area contributed by atoms with Gasteiger partial charge in [0.05, 0.1) is 12.5 Å². The lowest BCUT2D eigenvalue weighted by molar-refractivity contribution is 0.606. The summed E-state index contributed by atoms with van der Waals surface area (Å²) in [6.07, 6.45) is 2.25. The minimum absolute atomic E-state index is 0.0278. The summed E-state index contributed by atoms with van der Waals surface area (Å²) in [6.45, 7) is 3.58. The molecule has 0 aromatic carbocycles. The minimum atomic E-state index is -3.55. The van der Waals surface area contributed by atoms with Crippen LogP contribution >= 0.6 is 0 Å². The quantitative estimate of drug-likeness (QED) is 0.882. The van der Waals surface area contributed by atoms with Gasteiger partial charge in [-0.1, -0.05) is 0 Å². The highest BCUT2D eigenvalue weighted by Crippen LogP contribution is 2.18. The highest BCUT2D eigenvalue weighted by Gasteiger charge is 2.17. The number of nitrogens with zero attached hydrogens (tertiary/aromatic N) is 5. The molecule has 2 rings (SSSR count). The summed E-state index contributed by atoms with van der Waals surface area (Å²) in [5.41, 5.74) is 1.52. The molecule has 0 bridgehead atoms. The Kier molecular flexibility index (Phi) is 3.42. The van der Waals surface area contributed by atoms with Gasteiger partial charge in [-0.2, -0.15) is 15.0 Å². The van der Waals surface area contributed by atoms with Crippen molar-refractivity contribution in [3.05, 3.63) is 29.2 Å². The number of hydrogen-bond acceptors (Lipinski definition) is 6. The van der Waals surface area contributed by atoms with Crippen molar-refractivity contribution in [2.75, 3.05) is 11.0 Å². The summed E-state index contributed by atoms with van der Waals surface area (Å²) in [4.78, 5) is 8.38. The van der Waals surface area contributed by atoms with Crippen LogP contribution in [0.5, 0.6) is 0 Å². The second-order valence-corrected chi connectivity index (χ2v) is 6.00. The third-order valence-electron chi connectivity index (χ3n) is 2.33. The molecule has 20 heavy (non-hydrogen) atoms. The van der Waals surface area contributed by atoms with Crippen molar-refractivity contribution in [2.24, 2.45) is 0 Å². The van der Waals surface area contributed by atoms with Gasteiger partial charge in [-0.25, -0.2) is 18.4 Å². The Labute approximate surface area is 116 Å². The summed E-state index contributed by atoms with van der Waals surface area (Å²) in [5.74, 6) is 0.232. The molecular weight excluding hydrogens is 280 g/mol. The summed E-state index contributed by atoms with van der Waals surface area (Å²) < 4.78 is 26.2. The average Bonchev–Trinajstić information content (AvgIpc) is 2.68. The van der Waals surface area contributed by atoms with Gasteiger partial charge in [0, 0.05) is 11.4 Å². The largest absolute Gasteiger partial charge is 0.266 e. The van der Waals surface area contributed by atoms with Gasteiger partial charge in [0.25, 0.3) is 5.95 Å². The fourth-order valence-corrected chi connectivity index (χ4v) is 2.21. The number of rotatable bonds is 3. The molecule has 0 spiro atoms. The van der Waals surface area contributed by atoms with Crippen LogP contribution in [-0.4, -0.2) is 34.4 Å². The van der Waals surface area contributed by atoms with Crippen LogP contribution < -0.4 is 4.72 Å². The number of aromatic nitrogens is 4. The molecule has 0 unspecified atom stereocenters. The Balaban J connectivity index is 2.63. The van der Waals surface area contributed by atoms with Crippen LogP contribution in [0.4, 0.5) is 5.82 Å². The molecule has 9 heteroatoms. The van der Waals surface area contributed by atoms with E-state index in [0.29, 0.717) is 11.4 Å². The molecule has 0 amide bonds. The van der Waals surface area contributed by atoms with E-state index < -0.39 is 10.0 Å². The van der Waals surface area contributed by atoms with Gasteiger partial charge < -0.3 is 0 Å². The lowest BCUT2D eigenvalue weighted by atomic mass is 10.3. The second-order valence-electron chi connectivity index (χ2n) is 4.26. The molecule has 8 nitrogen and oxygen atoms in total. The molecule has 0 saturated carbocycles. The first kappa shape index (κ1) is 14.0. The molecular formula is C11H12N6O2S. The molecule has 1 N–H and O–H groups in total. The van der Waals surface area contributed by atoms with Crippen LogP contribution in [0.3, 0.4) is 0 Å². The molecule has 0 aliphatic carbocycles. The van der Waals surface area contributed by atoms with Crippen molar-refractivity contribution in [1.82, 2.24) is 19.7 Å². The van der Waals surface area contributed by atoms with Crippen molar-refractivity contribution >= 4 is 15.8 Å². The molecule has 2 aromatic rings. The molecule has 0 aliphatic heterocycles. The fraction of sp³-hybridized carbons (Fsp3) is 0.273. The lowest BCUT2D eigenvalue weighted by Crippen LogP contribution is -2.16. The predicted octanol–water partition coefficient (Wildman–Crippen LogP) is 0.522. The zero-order chi connectivity index (χ0) is 14.9. The number of nitrogens with one attached hydrogen (secondary N) is 1. The molecule has 0 fully saturated rings. The number of aryl methyl sites for hydroxylation is 2. The number of nitriles is 1. The van der Waals surface area contributed by atoms with E-state index in [1.54, 1.807) is 19.9 Å². The van der Waals surface area contributed by atoms with E-state index in [2.05, 4.69) is 19.8 Å². The Bertz CT molecular complexity index is 783. The second kappa shape index (κ2) is 4.90. The zero-order valence-electron chi connectivity index (χ0n) is 11.1. The van der Waals surface area contributed by atoms with Crippen LogP contribution in [0.2, 0.25) is 0 Å². The van der Waals surface area contributed by atoms with Crippen molar-refractivity contribution in [2.45, 2.75) is 13.8 Å². The lowest BCUT2D eigenvalue weighted by Gasteiger charge is -2.08. The van der Waals surface area contributed by atoms with Gasteiger partial charge in [0.15, 0.2) is 5.82 Å². The normalized spacial score (nSPS) is 11.1. The number of hydrogen-bond donors (Lipinski definition) is 1. The Morgan fingerprint density at radius 2 is 1.90 bits per heavy atom. The van der Waals surface area contributed by atoms with Crippen molar-refractivity contribution in [3.63, 3.8) is 0 Å². The maximum absolute atomic E-state index is 11.4. The topological polar surface area (TPSA) is 114 Å². The SMILES string of the molecule is Cc1cc(C)nc(-n2ncc(C#N)c2NS(C)(=O)=O)n1. The van der Waals surface area contributed by atoms with Crippen LogP contribution in [0, 0.1) is 25.2 Å². The molecule has 0 radical (unpaired) electrons. The fourth-order valence-electron chi connectivity index (χ4n) is 1.66. The molecule has 0 saturated heterocycles. The average molecular weight is 292 g/mol. The van der Waals surface area contributed by atoms with Crippen LogP contribution in [0.15, 0.2) is 12.3 Å². The van der Waals surface area contributed by atoms with E-state index in [4.69, 9.17) is 5.26 Å². The molecule has 0 aliphatic rings. The summed E-state index contributed by atoms with van der Waals surface area (Å²) >= 11 is 0. The minimum Gasteiger partial charge on any atom is -0.266 e. The Morgan fingerprint density at radius 1 is 1.30 bits per heavy atom. The van der Waals surface area contributed by atoms with Crippen LogP contribution in [0.25, 0.3) is 5.95 Å². The maximum atomic E-state index is 11.4. The summed E-state index contributed by atoms with van der Waals surface area (Å²) in [7, 11) is -3.55. The van der Waals surface area contributed by atoms with Gasteiger partial charge in [-0.15, -0.1) is 0 Å². The van der Waals surface area contributed by atoms with E-state index in [0.717, 1.165) is 6.26 Å². The molecule has 2 aromatic heterocycles. The standard InChI is InChI=1S/C11H12N6O2S/c1-7-4-8(2)15-11(14-7)17-10(16-20(3,18)19)9(5-12)6-13-17/h4,6,16H,1-3H3. The summed E-state index contributed by atoms with van der Waals surface area (Å²) in [6, 6.07) is 3.65. The number of sulfonamides is 1. The van der Waals surface area contributed by atoms with Crippen LogP contribution in [0.1, 0.15) is 17.0 Å². The van der Waals surface area contributed by atoms with Gasteiger partial charge >= 0.3 is 0 Å².